The largest absolute Gasteiger partial charge is 0.438 e. The summed E-state index contributed by atoms with van der Waals surface area (Å²) in [5, 5.41) is 0. The van der Waals surface area contributed by atoms with Crippen LogP contribution in [0, 0.1) is 0 Å². The molecule has 11 heavy (non-hydrogen) atoms. The van der Waals surface area contributed by atoms with Crippen molar-refractivity contribution in [3.8, 4) is 0 Å². The highest BCUT2D eigenvalue weighted by molar-refractivity contribution is 5.78. The van der Waals surface area contributed by atoms with Crippen LogP contribution in [0.15, 0.2) is 25.5 Å². The van der Waals surface area contributed by atoms with Crippen LogP contribution in [0.2, 0.25) is 0 Å². The maximum absolute atomic E-state index is 10.7. The van der Waals surface area contributed by atoms with Gasteiger partial charge in [0.25, 0.3) is 0 Å². The third-order valence-electron chi connectivity index (χ3n) is 0.821. The molecule has 59 valence electrons. The lowest BCUT2D eigenvalue weighted by Gasteiger charge is -2.05. The lowest BCUT2D eigenvalue weighted by Crippen LogP contribution is -2.22. The lowest BCUT2D eigenvalue weighted by atomic mass is 10.3. The van der Waals surface area contributed by atoms with Gasteiger partial charge in [-0.1, -0.05) is 13.2 Å². The third kappa shape index (κ3) is 3.20. The van der Waals surface area contributed by atoms with Gasteiger partial charge in [-0.05, 0) is 6.08 Å². The molecule has 0 saturated carbocycles. The standard InChI is InChI=1S/C7H7O4/c1-3-6(11-5-8)7(9)10-4-2/h3-4,6H,1-2H2. The second kappa shape index (κ2) is 5.22. The average Bonchev–Trinajstić information content (AvgIpc) is 2.00. The van der Waals surface area contributed by atoms with Gasteiger partial charge < -0.3 is 9.47 Å². The van der Waals surface area contributed by atoms with Gasteiger partial charge in [0.05, 0.1) is 6.26 Å². The monoisotopic (exact) mass is 155 g/mol. The minimum atomic E-state index is -1.11. The summed E-state index contributed by atoms with van der Waals surface area (Å²) in [7, 11) is 0. The minimum Gasteiger partial charge on any atom is -0.438 e. The predicted molar refractivity (Wildman–Crippen MR) is 37.1 cm³/mol. The van der Waals surface area contributed by atoms with Crippen molar-refractivity contribution in [2.24, 2.45) is 0 Å². The highest BCUT2D eigenvalue weighted by Crippen LogP contribution is 1.94. The van der Waals surface area contributed by atoms with Crippen molar-refractivity contribution in [3.05, 3.63) is 25.5 Å². The number of ether oxygens (including phenoxy) is 2. The molecule has 0 aromatic carbocycles. The van der Waals surface area contributed by atoms with E-state index in [1.165, 1.54) is 0 Å². The molecule has 0 aromatic rings. The molecule has 1 atom stereocenters. The summed E-state index contributed by atoms with van der Waals surface area (Å²) in [6.45, 7) is 7.49. The summed E-state index contributed by atoms with van der Waals surface area (Å²) in [5.41, 5.74) is 0. The second-order valence-corrected chi connectivity index (χ2v) is 1.46. The smallest absolute Gasteiger partial charge is 0.418 e. The van der Waals surface area contributed by atoms with E-state index >= 15 is 0 Å². The Balaban J connectivity index is 4.00. The maximum Gasteiger partial charge on any atom is 0.418 e. The first-order chi connectivity index (χ1) is 5.26. The Morgan fingerprint density at radius 1 is 1.55 bits per heavy atom. The summed E-state index contributed by atoms with van der Waals surface area (Å²) in [6.07, 6.45) is 0.953. The Morgan fingerprint density at radius 3 is 2.55 bits per heavy atom. The average molecular weight is 155 g/mol. The fourth-order valence-electron chi connectivity index (χ4n) is 0.393. The van der Waals surface area contributed by atoms with E-state index in [2.05, 4.69) is 22.6 Å². The Bertz CT molecular complexity index is 173. The number of esters is 1. The maximum atomic E-state index is 10.7. The van der Waals surface area contributed by atoms with E-state index in [0.29, 0.717) is 0 Å². The molecule has 0 aliphatic carbocycles. The predicted octanol–water partition coefficient (Wildman–Crippen LogP) is 0.311. The fourth-order valence-corrected chi connectivity index (χ4v) is 0.393. The highest BCUT2D eigenvalue weighted by Gasteiger charge is 2.16. The molecule has 0 aromatic heterocycles. The zero-order chi connectivity index (χ0) is 8.69. The van der Waals surface area contributed by atoms with E-state index in [0.717, 1.165) is 18.8 Å². The highest BCUT2D eigenvalue weighted by atomic mass is 16.6. The van der Waals surface area contributed by atoms with Crippen molar-refractivity contribution in [1.82, 2.24) is 0 Å². The quantitative estimate of drug-likeness (QED) is 0.326. The van der Waals surface area contributed by atoms with Crippen molar-refractivity contribution in [2.45, 2.75) is 6.10 Å². The summed E-state index contributed by atoms with van der Waals surface area (Å²) < 4.78 is 8.46. The number of rotatable bonds is 5. The first-order valence-electron chi connectivity index (χ1n) is 2.73. The van der Waals surface area contributed by atoms with Crippen LogP contribution < -0.4 is 0 Å². The molecule has 4 nitrogen and oxygen atoms in total. The van der Waals surface area contributed by atoms with Crippen molar-refractivity contribution in [2.75, 3.05) is 0 Å². The normalized spacial score (nSPS) is 10.9. The van der Waals surface area contributed by atoms with Gasteiger partial charge in [-0.25, -0.2) is 9.59 Å². The molecular weight excluding hydrogens is 148 g/mol. The first-order valence-corrected chi connectivity index (χ1v) is 2.73. The summed E-state index contributed by atoms with van der Waals surface area (Å²) in [4.78, 5) is 20.3. The van der Waals surface area contributed by atoms with Gasteiger partial charge in [-0.15, -0.1) is 0 Å². The molecule has 0 saturated heterocycles. The van der Waals surface area contributed by atoms with Gasteiger partial charge in [0.15, 0.2) is 0 Å². The van der Waals surface area contributed by atoms with Crippen molar-refractivity contribution in [3.63, 3.8) is 0 Å². The van der Waals surface area contributed by atoms with Crippen LogP contribution in [-0.4, -0.2) is 18.5 Å². The van der Waals surface area contributed by atoms with Gasteiger partial charge in [0.1, 0.15) is 0 Å². The van der Waals surface area contributed by atoms with E-state index in [1.807, 2.05) is 0 Å². The topological polar surface area (TPSA) is 52.6 Å². The van der Waals surface area contributed by atoms with Gasteiger partial charge >= 0.3 is 12.4 Å². The first kappa shape index (κ1) is 9.42. The summed E-state index contributed by atoms with van der Waals surface area (Å²) >= 11 is 0. The molecular formula is C7H7O4. The third-order valence-corrected chi connectivity index (χ3v) is 0.821. The molecule has 0 fully saturated rings. The number of carbonyl (C=O) groups is 1. The fraction of sp³-hybridized carbons (Fsp3) is 0.143. The molecule has 1 unspecified atom stereocenters. The summed E-state index contributed by atoms with van der Waals surface area (Å²) in [5.74, 6) is -0.752. The Morgan fingerprint density at radius 2 is 2.18 bits per heavy atom. The molecule has 0 N–H and O–H groups in total. The van der Waals surface area contributed by atoms with Gasteiger partial charge in [0, 0.05) is 0 Å². The van der Waals surface area contributed by atoms with Crippen LogP contribution in [0.4, 0.5) is 0 Å². The lowest BCUT2D eigenvalue weighted by molar-refractivity contribution is -0.144. The van der Waals surface area contributed by atoms with E-state index in [-0.39, 0.29) is 0 Å². The Hall–Kier alpha value is -1.58. The van der Waals surface area contributed by atoms with Crippen molar-refractivity contribution < 1.29 is 19.1 Å². The molecule has 4 heteroatoms. The number of hydrogen-bond donors (Lipinski definition) is 0. The van der Waals surface area contributed by atoms with E-state index in [9.17, 15) is 9.59 Å². The summed E-state index contributed by atoms with van der Waals surface area (Å²) in [6, 6.07) is 0. The van der Waals surface area contributed by atoms with Crippen LogP contribution in [-0.2, 0) is 19.1 Å². The molecule has 0 aliphatic heterocycles. The van der Waals surface area contributed by atoms with Gasteiger partial charge in [-0.2, -0.15) is 0 Å². The molecule has 0 amide bonds. The molecule has 0 aliphatic rings. The van der Waals surface area contributed by atoms with Crippen molar-refractivity contribution >= 4 is 12.4 Å². The van der Waals surface area contributed by atoms with Gasteiger partial charge in [0.2, 0.25) is 6.10 Å². The molecule has 0 heterocycles. The van der Waals surface area contributed by atoms with Crippen LogP contribution in [0.5, 0.6) is 0 Å². The van der Waals surface area contributed by atoms with E-state index in [1.54, 1.807) is 0 Å². The number of hydrogen-bond acceptors (Lipinski definition) is 4. The second-order valence-electron chi connectivity index (χ2n) is 1.46. The van der Waals surface area contributed by atoms with Gasteiger partial charge in [-0.3, -0.25) is 0 Å². The van der Waals surface area contributed by atoms with Crippen LogP contribution >= 0.6 is 0 Å². The molecule has 0 bridgehead atoms. The van der Waals surface area contributed by atoms with Crippen LogP contribution in [0.25, 0.3) is 0 Å². The molecule has 1 radical (unpaired) electrons. The number of carbonyl (C=O) groups excluding carboxylic acids is 2. The molecule has 0 rings (SSSR count). The molecule has 0 spiro atoms. The van der Waals surface area contributed by atoms with Crippen molar-refractivity contribution in [1.29, 1.82) is 0 Å². The minimum absolute atomic E-state index is 0.752. The Kier molecular flexibility index (Phi) is 4.47. The van der Waals surface area contributed by atoms with Crippen LogP contribution in [0.3, 0.4) is 0 Å². The zero-order valence-corrected chi connectivity index (χ0v) is 5.78. The van der Waals surface area contributed by atoms with E-state index < -0.39 is 12.1 Å². The van der Waals surface area contributed by atoms with Crippen LogP contribution in [0.1, 0.15) is 0 Å². The van der Waals surface area contributed by atoms with E-state index in [4.69, 9.17) is 0 Å². The SMILES string of the molecule is C=COC(=O)C(C=C)O[C]=O. The Labute approximate surface area is 64.1 Å². The zero-order valence-electron chi connectivity index (χ0n) is 5.78.